The average molecular weight is 352 g/mol. The van der Waals surface area contributed by atoms with E-state index in [-0.39, 0.29) is 12.5 Å². The predicted octanol–water partition coefficient (Wildman–Crippen LogP) is 0.888. The van der Waals surface area contributed by atoms with E-state index in [2.05, 4.69) is 10.6 Å². The maximum absolute atomic E-state index is 12.3. The molecule has 0 saturated heterocycles. The Morgan fingerprint density at radius 1 is 1.04 bits per heavy atom. The maximum Gasteiger partial charge on any atom is 0.408 e. The Balaban J connectivity index is 2.64. The molecule has 138 valence electrons. The van der Waals surface area contributed by atoms with E-state index in [9.17, 15) is 19.5 Å². The van der Waals surface area contributed by atoms with E-state index in [0.29, 0.717) is 0 Å². The van der Waals surface area contributed by atoms with Crippen LogP contribution < -0.4 is 10.6 Å². The fourth-order valence-corrected chi connectivity index (χ4v) is 2.06. The molecule has 0 unspecified atom stereocenters. The van der Waals surface area contributed by atoms with Gasteiger partial charge in [-0.1, -0.05) is 44.2 Å². The first-order valence-electron chi connectivity index (χ1n) is 7.90. The number of amides is 2. The van der Waals surface area contributed by atoms with Gasteiger partial charge in [-0.2, -0.15) is 0 Å². The van der Waals surface area contributed by atoms with Crippen molar-refractivity contribution in [2.45, 2.75) is 45.6 Å². The maximum atomic E-state index is 12.3. The fourth-order valence-electron chi connectivity index (χ4n) is 2.06. The molecule has 0 aliphatic rings. The van der Waals surface area contributed by atoms with Crippen LogP contribution in [0.1, 0.15) is 26.3 Å². The molecule has 0 aromatic heterocycles. The van der Waals surface area contributed by atoms with Crippen LogP contribution in [0.2, 0.25) is 0 Å². The number of benzene rings is 1. The zero-order valence-corrected chi connectivity index (χ0v) is 14.4. The molecule has 0 bridgehead atoms. The van der Waals surface area contributed by atoms with Gasteiger partial charge in [0.25, 0.3) is 0 Å². The van der Waals surface area contributed by atoms with Gasteiger partial charge in [0.1, 0.15) is 12.6 Å². The Hall–Kier alpha value is -2.61. The molecule has 8 heteroatoms. The zero-order valence-electron chi connectivity index (χ0n) is 14.4. The van der Waals surface area contributed by atoms with Crippen LogP contribution in [0.25, 0.3) is 0 Å². The van der Waals surface area contributed by atoms with Crippen molar-refractivity contribution in [2.75, 3.05) is 0 Å². The first-order valence-corrected chi connectivity index (χ1v) is 7.90. The molecular formula is C17H24N2O6. The monoisotopic (exact) mass is 352 g/mol. The largest absolute Gasteiger partial charge is 0.480 e. The first-order chi connectivity index (χ1) is 11.7. The highest BCUT2D eigenvalue weighted by Crippen LogP contribution is 2.06. The molecule has 0 spiro atoms. The molecule has 0 saturated carbocycles. The lowest BCUT2D eigenvalue weighted by Crippen LogP contribution is -2.56. The van der Waals surface area contributed by atoms with Gasteiger partial charge in [0, 0.05) is 0 Å². The van der Waals surface area contributed by atoms with Crippen LogP contribution in [0.3, 0.4) is 0 Å². The quantitative estimate of drug-likeness (QED) is 0.551. The standard InChI is InChI=1S/C17H24N2O6/c1-10(2)13(15(21)18-14(11(3)20)16(22)23)19-17(24)25-9-12-7-5-4-6-8-12/h4-8,10-11,13-14,20H,9H2,1-3H3,(H,18,21)(H,19,24)(H,22,23)/t11-,13-,14+/m0/s1. The van der Waals surface area contributed by atoms with Crippen LogP contribution in [-0.4, -0.2) is 46.4 Å². The number of hydrogen-bond acceptors (Lipinski definition) is 5. The van der Waals surface area contributed by atoms with Crippen molar-refractivity contribution in [1.82, 2.24) is 10.6 Å². The van der Waals surface area contributed by atoms with E-state index in [4.69, 9.17) is 9.84 Å². The van der Waals surface area contributed by atoms with Gasteiger partial charge in [-0.3, -0.25) is 4.79 Å². The number of carbonyl (C=O) groups is 3. The zero-order chi connectivity index (χ0) is 19.0. The van der Waals surface area contributed by atoms with Crippen LogP contribution in [-0.2, 0) is 20.9 Å². The number of ether oxygens (including phenoxy) is 1. The molecule has 8 nitrogen and oxygen atoms in total. The molecule has 4 N–H and O–H groups in total. The van der Waals surface area contributed by atoms with Crippen LogP contribution in [0, 0.1) is 5.92 Å². The third kappa shape index (κ3) is 6.80. The summed E-state index contributed by atoms with van der Waals surface area (Å²) in [5.41, 5.74) is 0.795. The van der Waals surface area contributed by atoms with E-state index < -0.39 is 36.2 Å². The van der Waals surface area contributed by atoms with E-state index in [1.165, 1.54) is 6.92 Å². The summed E-state index contributed by atoms with van der Waals surface area (Å²) in [5.74, 6) is -2.38. The highest BCUT2D eigenvalue weighted by molar-refractivity contribution is 5.89. The van der Waals surface area contributed by atoms with Crippen molar-refractivity contribution in [1.29, 1.82) is 0 Å². The van der Waals surface area contributed by atoms with E-state index in [1.807, 2.05) is 18.2 Å². The summed E-state index contributed by atoms with van der Waals surface area (Å²) < 4.78 is 5.06. The number of carboxylic acids is 1. The minimum absolute atomic E-state index is 0.0462. The molecule has 0 fully saturated rings. The number of rotatable bonds is 8. The van der Waals surface area contributed by atoms with Crippen LogP contribution in [0.5, 0.6) is 0 Å². The van der Waals surface area contributed by atoms with Gasteiger partial charge in [-0.15, -0.1) is 0 Å². The lowest BCUT2D eigenvalue weighted by Gasteiger charge is -2.24. The third-order valence-electron chi connectivity index (χ3n) is 3.48. The molecular weight excluding hydrogens is 328 g/mol. The molecule has 1 aromatic rings. The van der Waals surface area contributed by atoms with Crippen LogP contribution >= 0.6 is 0 Å². The normalized spacial score (nSPS) is 14.3. The fraction of sp³-hybridized carbons (Fsp3) is 0.471. The summed E-state index contributed by atoms with van der Waals surface area (Å²) in [7, 11) is 0. The second-order valence-electron chi connectivity index (χ2n) is 5.99. The van der Waals surface area contributed by atoms with Crippen molar-refractivity contribution in [3.05, 3.63) is 35.9 Å². The number of nitrogens with one attached hydrogen (secondary N) is 2. The molecule has 0 aliphatic heterocycles. The van der Waals surface area contributed by atoms with Crippen LogP contribution in [0.15, 0.2) is 30.3 Å². The Labute approximate surface area is 146 Å². The summed E-state index contributed by atoms with van der Waals surface area (Å²) in [5, 5.41) is 23.1. The number of carboxylic acid groups (broad SMARTS) is 1. The number of aliphatic hydroxyl groups is 1. The van der Waals surface area contributed by atoms with E-state index in [0.717, 1.165) is 5.56 Å². The van der Waals surface area contributed by atoms with Crippen molar-refractivity contribution < 1.29 is 29.3 Å². The van der Waals surface area contributed by atoms with Gasteiger partial charge >= 0.3 is 12.1 Å². The van der Waals surface area contributed by atoms with Gasteiger partial charge in [0.2, 0.25) is 5.91 Å². The Morgan fingerprint density at radius 2 is 1.64 bits per heavy atom. The summed E-state index contributed by atoms with van der Waals surface area (Å²) in [4.78, 5) is 35.2. The number of carbonyl (C=O) groups excluding carboxylic acids is 2. The van der Waals surface area contributed by atoms with Crippen molar-refractivity contribution in [3.8, 4) is 0 Å². The summed E-state index contributed by atoms with van der Waals surface area (Å²) in [6, 6.07) is 6.58. The molecule has 25 heavy (non-hydrogen) atoms. The van der Waals surface area contributed by atoms with Crippen molar-refractivity contribution in [3.63, 3.8) is 0 Å². The lowest BCUT2D eigenvalue weighted by atomic mass is 10.0. The van der Waals surface area contributed by atoms with Gasteiger partial charge in [0.05, 0.1) is 6.10 Å². The highest BCUT2D eigenvalue weighted by atomic mass is 16.5. The molecule has 0 aliphatic carbocycles. The molecule has 3 atom stereocenters. The van der Waals surface area contributed by atoms with Gasteiger partial charge in [0.15, 0.2) is 6.04 Å². The van der Waals surface area contributed by atoms with E-state index in [1.54, 1.807) is 26.0 Å². The second-order valence-corrected chi connectivity index (χ2v) is 5.99. The smallest absolute Gasteiger partial charge is 0.408 e. The lowest BCUT2D eigenvalue weighted by molar-refractivity contribution is -0.145. The van der Waals surface area contributed by atoms with E-state index >= 15 is 0 Å². The summed E-state index contributed by atoms with van der Waals surface area (Å²) in [6.07, 6.45) is -2.07. The molecule has 0 radical (unpaired) electrons. The second kappa shape index (κ2) is 9.63. The predicted molar refractivity (Wildman–Crippen MR) is 89.6 cm³/mol. The summed E-state index contributed by atoms with van der Waals surface area (Å²) >= 11 is 0. The van der Waals surface area contributed by atoms with Gasteiger partial charge in [-0.25, -0.2) is 9.59 Å². The average Bonchev–Trinajstić information content (AvgIpc) is 2.55. The van der Waals surface area contributed by atoms with Crippen molar-refractivity contribution in [2.24, 2.45) is 5.92 Å². The topological polar surface area (TPSA) is 125 Å². The third-order valence-corrected chi connectivity index (χ3v) is 3.48. The highest BCUT2D eigenvalue weighted by Gasteiger charge is 2.31. The number of hydrogen-bond donors (Lipinski definition) is 4. The first kappa shape index (κ1) is 20.4. The minimum atomic E-state index is -1.46. The molecule has 1 rings (SSSR count). The number of alkyl carbamates (subject to hydrolysis) is 1. The number of aliphatic carboxylic acids is 1. The van der Waals surface area contributed by atoms with Gasteiger partial charge in [-0.05, 0) is 18.4 Å². The number of aliphatic hydroxyl groups excluding tert-OH is 1. The molecule has 2 amide bonds. The SMILES string of the molecule is CC(C)[C@H](NC(=O)OCc1ccccc1)C(=O)N[C@@H](C(=O)O)[C@H](C)O. The Kier molecular flexibility index (Phi) is 7.87. The Bertz CT molecular complexity index is 588. The molecule has 0 heterocycles. The minimum Gasteiger partial charge on any atom is -0.480 e. The van der Waals surface area contributed by atoms with Crippen LogP contribution in [0.4, 0.5) is 4.79 Å². The van der Waals surface area contributed by atoms with Crippen molar-refractivity contribution >= 4 is 18.0 Å². The van der Waals surface area contributed by atoms with Gasteiger partial charge < -0.3 is 25.6 Å². The summed E-state index contributed by atoms with van der Waals surface area (Å²) in [6.45, 7) is 4.69. The Morgan fingerprint density at radius 3 is 2.12 bits per heavy atom. The molecule has 1 aromatic carbocycles.